The third-order valence-corrected chi connectivity index (χ3v) is 8.37. The molecule has 1 atom stereocenters. The van der Waals surface area contributed by atoms with Crippen LogP contribution in [0.25, 0.3) is 0 Å². The number of rotatable bonds is 6. The van der Waals surface area contributed by atoms with E-state index in [0.29, 0.717) is 42.9 Å². The van der Waals surface area contributed by atoms with Gasteiger partial charge in [-0.25, -0.2) is 8.42 Å². The van der Waals surface area contributed by atoms with E-state index in [4.69, 9.17) is 9.47 Å². The minimum Gasteiger partial charge on any atom is -0.494 e. The van der Waals surface area contributed by atoms with E-state index < -0.39 is 21.9 Å². The Labute approximate surface area is 194 Å². The summed E-state index contributed by atoms with van der Waals surface area (Å²) in [5, 5.41) is 0. The van der Waals surface area contributed by atoms with E-state index in [9.17, 15) is 18.0 Å². The Morgan fingerprint density at radius 3 is 2.39 bits per heavy atom. The molecule has 8 heteroatoms. The molecule has 0 bridgehead atoms. The fourth-order valence-corrected chi connectivity index (χ4v) is 6.21. The molecule has 0 saturated carbocycles. The molecule has 2 aromatic rings. The second-order valence-corrected chi connectivity index (χ2v) is 10.6. The van der Waals surface area contributed by atoms with Crippen molar-refractivity contribution in [1.82, 2.24) is 4.31 Å². The highest BCUT2D eigenvalue weighted by Crippen LogP contribution is 2.40. The number of hydrogen-bond acceptors (Lipinski definition) is 6. The first-order valence-electron chi connectivity index (χ1n) is 11.3. The van der Waals surface area contributed by atoms with Crippen LogP contribution in [0.2, 0.25) is 0 Å². The van der Waals surface area contributed by atoms with Gasteiger partial charge in [-0.3, -0.25) is 9.59 Å². The van der Waals surface area contributed by atoms with Gasteiger partial charge in [0.25, 0.3) is 0 Å². The van der Waals surface area contributed by atoms with Crippen molar-refractivity contribution >= 4 is 21.8 Å². The molecule has 33 heavy (non-hydrogen) atoms. The van der Waals surface area contributed by atoms with Crippen LogP contribution in [0.1, 0.15) is 60.5 Å². The smallest absolute Gasteiger partial charge is 0.314 e. The van der Waals surface area contributed by atoms with Gasteiger partial charge >= 0.3 is 5.97 Å². The van der Waals surface area contributed by atoms with Crippen LogP contribution in [0.3, 0.4) is 0 Å². The second kappa shape index (κ2) is 9.27. The highest BCUT2D eigenvalue weighted by Gasteiger charge is 2.35. The minimum atomic E-state index is -3.65. The zero-order chi connectivity index (χ0) is 23.8. The topological polar surface area (TPSA) is 90.0 Å². The average molecular weight is 472 g/mol. The molecular formula is C25H29NO6S. The van der Waals surface area contributed by atoms with Gasteiger partial charge in [-0.2, -0.15) is 4.31 Å². The van der Waals surface area contributed by atoms with Crippen molar-refractivity contribution < 1.29 is 27.5 Å². The van der Waals surface area contributed by atoms with Crippen molar-refractivity contribution in [3.8, 4) is 11.5 Å². The number of fused-ring (bicyclic) bond motifs is 1. The van der Waals surface area contributed by atoms with Gasteiger partial charge in [-0.1, -0.05) is 13.0 Å². The summed E-state index contributed by atoms with van der Waals surface area (Å²) in [6.07, 6.45) is 1.16. The summed E-state index contributed by atoms with van der Waals surface area (Å²) in [6.45, 7) is 6.80. The van der Waals surface area contributed by atoms with Gasteiger partial charge in [-0.15, -0.1) is 0 Å². The number of aryl methyl sites for hydroxylation is 1. The maximum absolute atomic E-state index is 13.0. The lowest BCUT2D eigenvalue weighted by Crippen LogP contribution is -2.41. The minimum absolute atomic E-state index is 0.000248. The molecule has 2 aliphatic rings. The number of hydrogen-bond donors (Lipinski definition) is 0. The van der Waals surface area contributed by atoms with Gasteiger partial charge in [0, 0.05) is 19.5 Å². The van der Waals surface area contributed by atoms with E-state index >= 15 is 0 Å². The predicted octanol–water partition coefficient (Wildman–Crippen LogP) is 4.09. The zero-order valence-corrected chi connectivity index (χ0v) is 20.0. The van der Waals surface area contributed by atoms with E-state index in [0.717, 1.165) is 11.1 Å². The molecule has 1 fully saturated rings. The fourth-order valence-electron chi connectivity index (χ4n) is 4.74. The Bertz CT molecular complexity index is 1160. The lowest BCUT2D eigenvalue weighted by atomic mass is 9.97. The maximum atomic E-state index is 13.0. The van der Waals surface area contributed by atoms with Crippen LogP contribution < -0.4 is 9.47 Å². The van der Waals surface area contributed by atoms with E-state index in [-0.39, 0.29) is 29.7 Å². The maximum Gasteiger partial charge on any atom is 0.314 e. The summed E-state index contributed by atoms with van der Waals surface area (Å²) in [5.74, 6) is 0.226. The van der Waals surface area contributed by atoms with Gasteiger partial charge in [0.15, 0.2) is 5.78 Å². The molecular weight excluding hydrogens is 442 g/mol. The summed E-state index contributed by atoms with van der Waals surface area (Å²) < 4.78 is 38.4. The summed E-state index contributed by atoms with van der Waals surface area (Å²) in [4.78, 5) is 25.5. The number of carbonyl (C=O) groups excluding carboxylic acids is 2. The fraction of sp³-hybridized carbons (Fsp3) is 0.440. The number of benzene rings is 2. The van der Waals surface area contributed by atoms with Gasteiger partial charge in [-0.05, 0) is 74.1 Å². The first-order valence-corrected chi connectivity index (χ1v) is 12.8. The lowest BCUT2D eigenvalue weighted by molar-refractivity contribution is -0.140. The van der Waals surface area contributed by atoms with Crippen molar-refractivity contribution in [2.45, 2.75) is 50.8 Å². The molecule has 0 N–H and O–H groups in total. The van der Waals surface area contributed by atoms with Crippen molar-refractivity contribution in [3.63, 3.8) is 0 Å². The standard InChI is InChI=1S/C25H29NO6S/c1-4-31-19-6-8-20(9-7-19)33(29,30)26-13-11-18(12-14-26)25(28)32-22-10-5-16(2)23-17(3)15-21(27)24(22)23/h5-10,17-18H,4,11-15H2,1-3H3. The summed E-state index contributed by atoms with van der Waals surface area (Å²) in [7, 11) is -3.65. The first-order chi connectivity index (χ1) is 15.7. The van der Waals surface area contributed by atoms with E-state index in [1.165, 1.54) is 16.4 Å². The highest BCUT2D eigenvalue weighted by molar-refractivity contribution is 7.89. The van der Waals surface area contributed by atoms with Gasteiger partial charge < -0.3 is 9.47 Å². The molecule has 1 aliphatic heterocycles. The molecule has 4 rings (SSSR count). The number of nitrogens with zero attached hydrogens (tertiary/aromatic N) is 1. The summed E-state index contributed by atoms with van der Waals surface area (Å²) in [6, 6.07) is 9.93. The molecule has 0 aromatic heterocycles. The van der Waals surface area contributed by atoms with Crippen LogP contribution in [-0.4, -0.2) is 44.2 Å². The SMILES string of the molecule is CCOc1ccc(S(=O)(=O)N2CCC(C(=O)Oc3ccc(C)c4c3C(=O)CC4C)CC2)cc1. The summed E-state index contributed by atoms with van der Waals surface area (Å²) in [5.41, 5.74) is 2.50. The Morgan fingerprint density at radius 1 is 1.09 bits per heavy atom. The van der Waals surface area contributed by atoms with Crippen molar-refractivity contribution in [2.24, 2.45) is 5.92 Å². The number of sulfonamides is 1. The molecule has 1 unspecified atom stereocenters. The van der Waals surface area contributed by atoms with Gasteiger partial charge in [0.1, 0.15) is 11.5 Å². The van der Waals surface area contributed by atoms with Crippen LogP contribution in [0.15, 0.2) is 41.3 Å². The van der Waals surface area contributed by atoms with Crippen molar-refractivity contribution in [2.75, 3.05) is 19.7 Å². The number of piperidine rings is 1. The molecule has 0 radical (unpaired) electrons. The lowest BCUT2D eigenvalue weighted by Gasteiger charge is -2.30. The number of ether oxygens (including phenoxy) is 2. The second-order valence-electron chi connectivity index (χ2n) is 8.70. The molecule has 1 saturated heterocycles. The molecule has 176 valence electrons. The quantitative estimate of drug-likeness (QED) is 0.466. The Morgan fingerprint density at radius 2 is 1.76 bits per heavy atom. The van der Waals surface area contributed by atoms with Crippen LogP contribution in [0.5, 0.6) is 11.5 Å². The van der Waals surface area contributed by atoms with Gasteiger partial charge in [0.2, 0.25) is 10.0 Å². The molecule has 0 amide bonds. The Balaban J connectivity index is 1.41. The first kappa shape index (κ1) is 23.4. The largest absolute Gasteiger partial charge is 0.494 e. The number of Topliss-reactive ketones (excluding diaryl/α,β-unsaturated/α-hetero) is 1. The number of ketones is 1. The third kappa shape index (κ3) is 4.54. The van der Waals surface area contributed by atoms with Crippen molar-refractivity contribution in [3.05, 3.63) is 53.1 Å². The van der Waals surface area contributed by atoms with Crippen LogP contribution in [0, 0.1) is 12.8 Å². The zero-order valence-electron chi connectivity index (χ0n) is 19.2. The summed E-state index contributed by atoms with van der Waals surface area (Å²) >= 11 is 0. The van der Waals surface area contributed by atoms with Crippen molar-refractivity contribution in [1.29, 1.82) is 0 Å². The number of carbonyl (C=O) groups is 2. The molecule has 7 nitrogen and oxygen atoms in total. The van der Waals surface area contributed by atoms with E-state index in [1.54, 1.807) is 18.2 Å². The van der Waals surface area contributed by atoms with E-state index in [1.807, 2.05) is 26.8 Å². The molecule has 1 aliphatic carbocycles. The number of esters is 1. The third-order valence-electron chi connectivity index (χ3n) is 6.46. The normalized spacial score (nSPS) is 19.4. The average Bonchev–Trinajstić information content (AvgIpc) is 3.11. The Hall–Kier alpha value is -2.71. The van der Waals surface area contributed by atoms with Crippen LogP contribution in [0.4, 0.5) is 0 Å². The monoisotopic (exact) mass is 471 g/mol. The predicted molar refractivity (Wildman–Crippen MR) is 123 cm³/mol. The molecule has 1 heterocycles. The van der Waals surface area contributed by atoms with Crippen LogP contribution >= 0.6 is 0 Å². The molecule has 2 aromatic carbocycles. The highest BCUT2D eigenvalue weighted by atomic mass is 32.2. The van der Waals surface area contributed by atoms with E-state index in [2.05, 4.69) is 0 Å². The van der Waals surface area contributed by atoms with Crippen LogP contribution in [-0.2, 0) is 14.8 Å². The molecule has 0 spiro atoms. The van der Waals surface area contributed by atoms with Gasteiger partial charge in [0.05, 0.1) is 23.0 Å². The Kier molecular flexibility index (Phi) is 6.59.